The van der Waals surface area contributed by atoms with Crippen LogP contribution >= 0.6 is 0 Å². The van der Waals surface area contributed by atoms with Gasteiger partial charge in [0.25, 0.3) is 0 Å². The molecule has 0 fully saturated rings. The Morgan fingerprint density at radius 2 is 1.95 bits per heavy atom. The zero-order valence-electron chi connectivity index (χ0n) is 13.1. The van der Waals surface area contributed by atoms with Crippen LogP contribution in [0.4, 0.5) is 0 Å². The Bertz CT molecular complexity index is 420. The lowest BCUT2D eigenvalue weighted by atomic mass is 9.86. The van der Waals surface area contributed by atoms with Crippen LogP contribution in [0.15, 0.2) is 30.3 Å². The van der Waals surface area contributed by atoms with E-state index in [9.17, 15) is 4.79 Å². The van der Waals surface area contributed by atoms with Crippen LogP contribution in [-0.2, 0) is 15.1 Å². The lowest BCUT2D eigenvalue weighted by molar-refractivity contribution is -0.149. The van der Waals surface area contributed by atoms with Gasteiger partial charge in [-0.1, -0.05) is 30.3 Å². The van der Waals surface area contributed by atoms with E-state index in [-0.39, 0.29) is 5.97 Å². The maximum atomic E-state index is 12.3. The van der Waals surface area contributed by atoms with Crippen molar-refractivity contribution in [2.75, 3.05) is 27.7 Å². The minimum absolute atomic E-state index is 0.247. The largest absolute Gasteiger partial charge is 0.467 e. The summed E-state index contributed by atoms with van der Waals surface area (Å²) in [4.78, 5) is 14.6. The van der Waals surface area contributed by atoms with Crippen LogP contribution in [0.1, 0.15) is 25.8 Å². The van der Waals surface area contributed by atoms with Crippen molar-refractivity contribution in [3.05, 3.63) is 35.9 Å². The van der Waals surface area contributed by atoms with E-state index < -0.39 is 5.54 Å². The summed E-state index contributed by atoms with van der Waals surface area (Å²) in [5, 5.41) is 3.18. The summed E-state index contributed by atoms with van der Waals surface area (Å²) in [5.74, 6) is -0.247. The van der Waals surface area contributed by atoms with Gasteiger partial charge in [-0.2, -0.15) is 0 Å². The number of carbonyl (C=O) groups excluding carboxylic acids is 1. The summed E-state index contributed by atoms with van der Waals surface area (Å²) in [5.41, 5.74) is 0.144. The Kier molecular flexibility index (Phi) is 6.17. The van der Waals surface area contributed by atoms with Crippen molar-refractivity contribution in [1.82, 2.24) is 10.2 Å². The lowest BCUT2D eigenvalue weighted by Gasteiger charge is -2.33. The summed E-state index contributed by atoms with van der Waals surface area (Å²) in [6.07, 6.45) is 0.662. The number of benzene rings is 1. The van der Waals surface area contributed by atoms with Gasteiger partial charge < -0.3 is 15.0 Å². The van der Waals surface area contributed by atoms with Crippen molar-refractivity contribution in [2.45, 2.75) is 31.8 Å². The molecule has 1 unspecified atom stereocenters. The molecule has 0 amide bonds. The van der Waals surface area contributed by atoms with Gasteiger partial charge in [-0.3, -0.25) is 0 Å². The van der Waals surface area contributed by atoms with Crippen molar-refractivity contribution < 1.29 is 9.53 Å². The highest BCUT2D eigenvalue weighted by Gasteiger charge is 2.39. The molecule has 1 atom stereocenters. The third kappa shape index (κ3) is 3.58. The molecule has 0 heterocycles. The van der Waals surface area contributed by atoms with Gasteiger partial charge in [0.15, 0.2) is 0 Å². The summed E-state index contributed by atoms with van der Waals surface area (Å²) >= 11 is 0. The maximum Gasteiger partial charge on any atom is 0.330 e. The molecule has 20 heavy (non-hydrogen) atoms. The Balaban J connectivity index is 3.04. The van der Waals surface area contributed by atoms with Crippen molar-refractivity contribution in [3.63, 3.8) is 0 Å². The van der Waals surface area contributed by atoms with Gasteiger partial charge in [0.2, 0.25) is 0 Å². The summed E-state index contributed by atoms with van der Waals surface area (Å²) < 4.78 is 5.03. The van der Waals surface area contributed by atoms with E-state index >= 15 is 0 Å². The second-order valence-corrected chi connectivity index (χ2v) is 5.34. The average Bonchev–Trinajstić information content (AvgIpc) is 2.48. The Labute approximate surface area is 122 Å². The Morgan fingerprint density at radius 1 is 1.35 bits per heavy atom. The topological polar surface area (TPSA) is 41.6 Å². The van der Waals surface area contributed by atoms with Crippen LogP contribution in [0.3, 0.4) is 0 Å². The summed E-state index contributed by atoms with van der Waals surface area (Å²) in [6, 6.07) is 10.2. The van der Waals surface area contributed by atoms with Crippen LogP contribution in [0.25, 0.3) is 0 Å². The first-order valence-electron chi connectivity index (χ1n) is 7.01. The smallest absolute Gasteiger partial charge is 0.330 e. The minimum atomic E-state index is -0.792. The molecule has 1 rings (SSSR count). The Hall–Kier alpha value is -1.39. The van der Waals surface area contributed by atoms with Crippen LogP contribution < -0.4 is 5.32 Å². The van der Waals surface area contributed by atoms with Gasteiger partial charge in [-0.25, -0.2) is 4.79 Å². The van der Waals surface area contributed by atoms with Crippen molar-refractivity contribution in [3.8, 4) is 0 Å². The molecule has 0 aliphatic carbocycles. The SMILES string of the molecule is CNC(CCN(C)C(C)C)(C(=O)OC)c1ccccc1. The van der Waals surface area contributed by atoms with Crippen LogP contribution in [0.2, 0.25) is 0 Å². The fourth-order valence-corrected chi connectivity index (χ4v) is 2.23. The van der Waals surface area contributed by atoms with Crippen LogP contribution in [-0.4, -0.2) is 44.7 Å². The molecule has 4 nitrogen and oxygen atoms in total. The number of hydrogen-bond acceptors (Lipinski definition) is 4. The van der Waals surface area contributed by atoms with Crippen LogP contribution in [0.5, 0.6) is 0 Å². The number of nitrogens with one attached hydrogen (secondary N) is 1. The van der Waals surface area contributed by atoms with E-state index in [4.69, 9.17) is 4.74 Å². The van der Waals surface area contributed by atoms with Crippen LogP contribution in [0, 0.1) is 0 Å². The van der Waals surface area contributed by atoms with Gasteiger partial charge >= 0.3 is 5.97 Å². The maximum absolute atomic E-state index is 12.3. The predicted octanol–water partition coefficient (Wildman–Crippen LogP) is 2.00. The number of hydrogen-bond donors (Lipinski definition) is 1. The number of ether oxygens (including phenoxy) is 1. The second-order valence-electron chi connectivity index (χ2n) is 5.34. The molecule has 0 aromatic heterocycles. The molecule has 1 aromatic rings. The fraction of sp³-hybridized carbons (Fsp3) is 0.562. The van der Waals surface area contributed by atoms with E-state index in [2.05, 4.69) is 31.1 Å². The third-order valence-corrected chi connectivity index (χ3v) is 3.95. The lowest BCUT2D eigenvalue weighted by Crippen LogP contribution is -2.50. The minimum Gasteiger partial charge on any atom is -0.467 e. The van der Waals surface area contributed by atoms with Gasteiger partial charge in [0.1, 0.15) is 5.54 Å². The highest BCUT2D eigenvalue weighted by Crippen LogP contribution is 2.27. The number of methoxy groups -OCH3 is 1. The molecule has 0 bridgehead atoms. The quantitative estimate of drug-likeness (QED) is 0.775. The standard InChI is InChI=1S/C16H26N2O2/c1-13(2)18(4)12-11-16(17-3,15(19)20-5)14-9-7-6-8-10-14/h6-10,13,17H,11-12H2,1-5H3. The summed E-state index contributed by atoms with van der Waals surface area (Å²) in [7, 11) is 5.30. The highest BCUT2D eigenvalue weighted by molar-refractivity contribution is 5.82. The van der Waals surface area contributed by atoms with Crippen molar-refractivity contribution in [2.24, 2.45) is 0 Å². The molecule has 0 saturated carbocycles. The third-order valence-electron chi connectivity index (χ3n) is 3.95. The average molecular weight is 278 g/mol. The normalized spacial score (nSPS) is 14.3. The molecule has 0 radical (unpaired) electrons. The number of carbonyl (C=O) groups is 1. The molecule has 1 aromatic carbocycles. The zero-order chi connectivity index (χ0) is 15.2. The first-order valence-corrected chi connectivity index (χ1v) is 7.01. The first kappa shape index (κ1) is 16.7. The number of nitrogens with zero attached hydrogens (tertiary/aromatic N) is 1. The first-order chi connectivity index (χ1) is 9.47. The van der Waals surface area contributed by atoms with E-state index in [1.807, 2.05) is 30.3 Å². The molecule has 0 aliphatic heterocycles. The van der Waals surface area contributed by atoms with Crippen molar-refractivity contribution in [1.29, 1.82) is 0 Å². The van der Waals surface area contributed by atoms with E-state index in [1.165, 1.54) is 7.11 Å². The van der Waals surface area contributed by atoms with Crippen molar-refractivity contribution >= 4 is 5.97 Å². The van der Waals surface area contributed by atoms with E-state index in [1.54, 1.807) is 7.05 Å². The Morgan fingerprint density at radius 3 is 2.40 bits per heavy atom. The molecule has 0 saturated heterocycles. The fourth-order valence-electron chi connectivity index (χ4n) is 2.23. The predicted molar refractivity (Wildman–Crippen MR) is 81.6 cm³/mol. The van der Waals surface area contributed by atoms with Gasteiger partial charge in [0, 0.05) is 12.6 Å². The number of rotatable bonds is 7. The van der Waals surface area contributed by atoms with E-state index in [0.29, 0.717) is 12.5 Å². The molecule has 0 aliphatic rings. The molecule has 112 valence electrons. The highest BCUT2D eigenvalue weighted by atomic mass is 16.5. The van der Waals surface area contributed by atoms with Gasteiger partial charge in [-0.15, -0.1) is 0 Å². The second kappa shape index (κ2) is 7.41. The van der Waals surface area contributed by atoms with Gasteiger partial charge in [0.05, 0.1) is 7.11 Å². The monoisotopic (exact) mass is 278 g/mol. The van der Waals surface area contributed by atoms with Gasteiger partial charge in [-0.05, 0) is 39.9 Å². The molecular weight excluding hydrogens is 252 g/mol. The molecular formula is C16H26N2O2. The molecule has 4 heteroatoms. The molecule has 1 N–H and O–H groups in total. The summed E-state index contributed by atoms with van der Waals surface area (Å²) in [6.45, 7) is 5.09. The number of esters is 1. The van der Waals surface area contributed by atoms with E-state index in [0.717, 1.165) is 12.1 Å². The molecule has 0 spiro atoms. The number of likely N-dealkylation sites (N-methyl/N-ethyl adjacent to an activating group) is 1. The zero-order valence-corrected chi connectivity index (χ0v) is 13.1.